The Morgan fingerprint density at radius 1 is 1.10 bits per heavy atom. The van der Waals surface area contributed by atoms with Gasteiger partial charge in [0.2, 0.25) is 5.75 Å². The van der Waals surface area contributed by atoms with E-state index in [1.807, 2.05) is 44.2 Å². The molecule has 1 amide bonds. The molecule has 0 radical (unpaired) electrons. The Morgan fingerprint density at radius 2 is 1.87 bits per heavy atom. The molecule has 1 N–H and O–H groups in total. The number of hydrogen-bond acceptors (Lipinski definition) is 4. The fraction of sp³-hybridized carbons (Fsp3) is 0.261. The summed E-state index contributed by atoms with van der Waals surface area (Å²) in [7, 11) is 0. The second-order valence-electron chi connectivity index (χ2n) is 7.62. The van der Waals surface area contributed by atoms with Gasteiger partial charge in [-0.1, -0.05) is 36.4 Å². The Morgan fingerprint density at radius 3 is 2.60 bits per heavy atom. The predicted octanol–water partition coefficient (Wildman–Crippen LogP) is 3.21. The van der Waals surface area contributed by atoms with Crippen molar-refractivity contribution in [3.05, 3.63) is 81.8 Å². The maximum atomic E-state index is 13.8. The van der Waals surface area contributed by atoms with Crippen LogP contribution in [-0.2, 0) is 13.0 Å². The van der Waals surface area contributed by atoms with Gasteiger partial charge in [0.05, 0.1) is 0 Å². The van der Waals surface area contributed by atoms with Crippen LogP contribution in [0.25, 0.3) is 11.1 Å². The van der Waals surface area contributed by atoms with Gasteiger partial charge in [0.1, 0.15) is 11.6 Å². The molecule has 0 saturated heterocycles. The molecule has 0 fully saturated rings. The van der Waals surface area contributed by atoms with Crippen molar-refractivity contribution in [2.75, 3.05) is 6.54 Å². The SMILES string of the molecule is CC(C)N1CCn2c(Cc3ccccc3-c3cccc(F)c3)nc(=O)c(O)c2C1=O. The Kier molecular flexibility index (Phi) is 5.11. The molecule has 0 saturated carbocycles. The van der Waals surface area contributed by atoms with Crippen LogP contribution in [0.1, 0.15) is 35.7 Å². The lowest BCUT2D eigenvalue weighted by molar-refractivity contribution is 0.0638. The monoisotopic (exact) mass is 407 g/mol. The Labute approximate surface area is 173 Å². The Hall–Kier alpha value is -3.48. The first-order valence-corrected chi connectivity index (χ1v) is 9.84. The molecular weight excluding hydrogens is 385 g/mol. The van der Waals surface area contributed by atoms with E-state index in [9.17, 15) is 19.1 Å². The molecular formula is C23H22FN3O3. The summed E-state index contributed by atoms with van der Waals surface area (Å²) in [5.74, 6) is -0.938. The lowest BCUT2D eigenvalue weighted by Crippen LogP contribution is -2.46. The summed E-state index contributed by atoms with van der Waals surface area (Å²) in [6.45, 7) is 4.67. The first-order valence-electron chi connectivity index (χ1n) is 9.84. The Bertz CT molecular complexity index is 1190. The zero-order valence-electron chi connectivity index (χ0n) is 16.8. The standard InChI is InChI=1S/C23H22FN3O3/c1-14(2)26-10-11-27-19(25-22(29)21(28)20(27)23(26)30)13-16-6-3-4-9-18(16)15-7-5-8-17(24)12-15/h3-9,12,14,28H,10-11,13H2,1-2H3. The fourth-order valence-electron chi connectivity index (χ4n) is 3.90. The number of nitrogens with zero attached hydrogens (tertiary/aromatic N) is 3. The number of rotatable bonds is 4. The number of halogens is 1. The summed E-state index contributed by atoms with van der Waals surface area (Å²) in [5, 5.41) is 10.3. The summed E-state index contributed by atoms with van der Waals surface area (Å²) in [5.41, 5.74) is 1.54. The lowest BCUT2D eigenvalue weighted by atomic mass is 9.97. The molecule has 154 valence electrons. The van der Waals surface area contributed by atoms with Crippen LogP contribution < -0.4 is 5.56 Å². The van der Waals surface area contributed by atoms with Crippen molar-refractivity contribution in [1.82, 2.24) is 14.5 Å². The van der Waals surface area contributed by atoms with Gasteiger partial charge in [-0.2, -0.15) is 4.98 Å². The van der Waals surface area contributed by atoms with Gasteiger partial charge in [0.25, 0.3) is 5.91 Å². The van der Waals surface area contributed by atoms with Gasteiger partial charge in [-0.05, 0) is 42.7 Å². The predicted molar refractivity (Wildman–Crippen MR) is 111 cm³/mol. The summed E-state index contributed by atoms with van der Waals surface area (Å²) in [4.78, 5) is 30.9. The van der Waals surface area contributed by atoms with Crippen molar-refractivity contribution in [3.63, 3.8) is 0 Å². The number of benzene rings is 2. The zero-order chi connectivity index (χ0) is 21.4. The van der Waals surface area contributed by atoms with Gasteiger partial charge in [0, 0.05) is 25.6 Å². The minimum Gasteiger partial charge on any atom is -0.501 e. The van der Waals surface area contributed by atoms with Crippen LogP contribution in [0, 0.1) is 5.82 Å². The molecule has 6 nitrogen and oxygen atoms in total. The quantitative estimate of drug-likeness (QED) is 0.721. The first-order chi connectivity index (χ1) is 14.4. The van der Waals surface area contributed by atoms with E-state index in [4.69, 9.17) is 0 Å². The number of aromatic hydroxyl groups is 1. The third-order valence-corrected chi connectivity index (χ3v) is 5.39. The van der Waals surface area contributed by atoms with Crippen molar-refractivity contribution < 1.29 is 14.3 Å². The molecule has 7 heteroatoms. The maximum absolute atomic E-state index is 13.8. The van der Waals surface area contributed by atoms with Crippen molar-refractivity contribution in [3.8, 4) is 16.9 Å². The van der Waals surface area contributed by atoms with Crippen molar-refractivity contribution in [1.29, 1.82) is 0 Å². The molecule has 30 heavy (non-hydrogen) atoms. The Balaban J connectivity index is 1.81. The van der Waals surface area contributed by atoms with Crippen LogP contribution in [0.4, 0.5) is 4.39 Å². The molecule has 1 aromatic heterocycles. The molecule has 0 unspecified atom stereocenters. The lowest BCUT2D eigenvalue weighted by Gasteiger charge is -2.34. The van der Waals surface area contributed by atoms with E-state index in [2.05, 4.69) is 4.98 Å². The number of aromatic nitrogens is 2. The highest BCUT2D eigenvalue weighted by Crippen LogP contribution is 2.28. The molecule has 0 aliphatic carbocycles. The molecule has 1 aliphatic heterocycles. The highest BCUT2D eigenvalue weighted by molar-refractivity contribution is 5.95. The highest BCUT2D eigenvalue weighted by Gasteiger charge is 2.32. The number of fused-ring (bicyclic) bond motifs is 1. The van der Waals surface area contributed by atoms with E-state index < -0.39 is 11.3 Å². The number of amides is 1. The van der Waals surface area contributed by atoms with E-state index >= 15 is 0 Å². The summed E-state index contributed by atoms with van der Waals surface area (Å²) in [6.07, 6.45) is 0.268. The second-order valence-corrected chi connectivity index (χ2v) is 7.62. The average Bonchev–Trinajstić information content (AvgIpc) is 2.72. The summed E-state index contributed by atoms with van der Waals surface area (Å²) in [6, 6.07) is 13.7. The van der Waals surface area contributed by atoms with Crippen LogP contribution in [0.5, 0.6) is 5.75 Å². The third kappa shape index (κ3) is 3.47. The maximum Gasteiger partial charge on any atom is 0.315 e. The van der Waals surface area contributed by atoms with Gasteiger partial charge in [-0.15, -0.1) is 0 Å². The minimum absolute atomic E-state index is 0.0202. The minimum atomic E-state index is -0.821. The fourth-order valence-corrected chi connectivity index (χ4v) is 3.90. The first kappa shape index (κ1) is 19.8. The van der Waals surface area contributed by atoms with Crippen LogP contribution >= 0.6 is 0 Å². The molecule has 0 atom stereocenters. The van der Waals surface area contributed by atoms with Gasteiger partial charge in [-0.3, -0.25) is 9.59 Å². The molecule has 2 aromatic carbocycles. The summed E-state index contributed by atoms with van der Waals surface area (Å²) >= 11 is 0. The number of hydrogen-bond donors (Lipinski definition) is 1. The highest BCUT2D eigenvalue weighted by atomic mass is 19.1. The molecule has 0 spiro atoms. The van der Waals surface area contributed by atoms with Crippen molar-refractivity contribution in [2.45, 2.75) is 32.9 Å². The van der Waals surface area contributed by atoms with Crippen LogP contribution in [0.3, 0.4) is 0 Å². The van der Waals surface area contributed by atoms with E-state index in [0.29, 0.717) is 24.5 Å². The van der Waals surface area contributed by atoms with Crippen molar-refractivity contribution >= 4 is 5.91 Å². The molecule has 4 rings (SSSR count). The third-order valence-electron chi connectivity index (χ3n) is 5.39. The molecule has 3 aromatic rings. The van der Waals surface area contributed by atoms with E-state index in [-0.39, 0.29) is 29.9 Å². The smallest absolute Gasteiger partial charge is 0.315 e. The van der Waals surface area contributed by atoms with E-state index in [1.54, 1.807) is 15.5 Å². The van der Waals surface area contributed by atoms with Crippen molar-refractivity contribution in [2.24, 2.45) is 0 Å². The molecule has 2 heterocycles. The largest absolute Gasteiger partial charge is 0.501 e. The summed E-state index contributed by atoms with van der Waals surface area (Å²) < 4.78 is 15.4. The van der Waals surface area contributed by atoms with Gasteiger partial charge in [0.15, 0.2) is 5.69 Å². The van der Waals surface area contributed by atoms with Crippen LogP contribution in [0.2, 0.25) is 0 Å². The zero-order valence-corrected chi connectivity index (χ0v) is 16.8. The average molecular weight is 407 g/mol. The number of carbonyl (C=O) groups is 1. The van der Waals surface area contributed by atoms with Crippen LogP contribution in [0.15, 0.2) is 53.3 Å². The van der Waals surface area contributed by atoms with E-state index in [0.717, 1.165) is 11.1 Å². The number of carbonyl (C=O) groups excluding carboxylic acids is 1. The molecule has 0 bridgehead atoms. The molecule has 1 aliphatic rings. The van der Waals surface area contributed by atoms with Gasteiger partial charge >= 0.3 is 5.56 Å². The normalized spacial score (nSPS) is 13.6. The van der Waals surface area contributed by atoms with Crippen LogP contribution in [-0.4, -0.2) is 38.1 Å². The van der Waals surface area contributed by atoms with Gasteiger partial charge < -0.3 is 14.6 Å². The van der Waals surface area contributed by atoms with E-state index in [1.165, 1.54) is 12.1 Å². The van der Waals surface area contributed by atoms with Gasteiger partial charge in [-0.25, -0.2) is 4.39 Å². The topological polar surface area (TPSA) is 75.4 Å². The second kappa shape index (κ2) is 7.74.